The topological polar surface area (TPSA) is 93.3 Å². The molecule has 1 aromatic carbocycles. The van der Waals surface area contributed by atoms with E-state index in [1.807, 2.05) is 54.7 Å². The largest absolute Gasteiger partial charge is 0.465 e. The quantitative estimate of drug-likeness (QED) is 0.303. The predicted octanol–water partition coefficient (Wildman–Crippen LogP) is 5.22. The van der Waals surface area contributed by atoms with E-state index in [0.29, 0.717) is 13.1 Å². The minimum absolute atomic E-state index is 0.270. The zero-order valence-corrected chi connectivity index (χ0v) is 25.0. The van der Waals surface area contributed by atoms with E-state index < -0.39 is 11.6 Å². The normalized spacial score (nSPS) is 14.5. The van der Waals surface area contributed by atoms with E-state index in [4.69, 9.17) is 15.1 Å². The van der Waals surface area contributed by atoms with Crippen LogP contribution in [0.4, 0.5) is 26.0 Å². The lowest BCUT2D eigenvalue weighted by molar-refractivity contribution is 0.0901. The van der Waals surface area contributed by atoms with Crippen LogP contribution in [-0.2, 0) is 6.42 Å². The maximum Gasteiger partial charge on any atom is 0.407 e. The molecule has 1 aliphatic rings. The Morgan fingerprint density at radius 2 is 1.78 bits per heavy atom. The molecule has 1 saturated heterocycles. The highest BCUT2D eigenvalue weighted by Gasteiger charge is 2.28. The summed E-state index contributed by atoms with van der Waals surface area (Å²) in [5, 5.41) is 17.4. The zero-order chi connectivity index (χ0) is 29.3. The van der Waals surface area contributed by atoms with Crippen molar-refractivity contribution in [1.29, 1.82) is 0 Å². The van der Waals surface area contributed by atoms with Crippen molar-refractivity contribution in [1.82, 2.24) is 29.4 Å². The molecule has 12 heteroatoms. The van der Waals surface area contributed by atoms with Crippen LogP contribution in [-0.4, -0.2) is 92.4 Å². The second-order valence-electron chi connectivity index (χ2n) is 11.2. The molecule has 0 spiro atoms. The number of hydrogen-bond donors (Lipinski definition) is 1. The molecule has 10 nitrogen and oxygen atoms in total. The molecule has 0 radical (unpaired) electrons. The van der Waals surface area contributed by atoms with Gasteiger partial charge in [0.2, 0.25) is 0 Å². The van der Waals surface area contributed by atoms with Gasteiger partial charge in [-0.05, 0) is 63.6 Å². The molecule has 0 aliphatic carbocycles. The first-order valence-corrected chi connectivity index (χ1v) is 14.7. The number of carbonyl (C=O) groups is 1. The summed E-state index contributed by atoms with van der Waals surface area (Å²) >= 11 is 1.52. The molecule has 0 atom stereocenters. The molecule has 0 unspecified atom stereocenters. The van der Waals surface area contributed by atoms with Gasteiger partial charge in [-0.1, -0.05) is 6.92 Å². The van der Waals surface area contributed by atoms with Gasteiger partial charge in [-0.25, -0.2) is 19.2 Å². The molecule has 1 fully saturated rings. The lowest BCUT2D eigenvalue weighted by atomic mass is 10.1. The highest BCUT2D eigenvalue weighted by atomic mass is 32.1. The second-order valence-corrected chi connectivity index (χ2v) is 12.0. The first-order chi connectivity index (χ1) is 19.5. The molecule has 218 valence electrons. The Labute approximate surface area is 243 Å². The first kappa shape index (κ1) is 28.7. The Bertz CT molecular complexity index is 1510. The van der Waals surface area contributed by atoms with E-state index in [0.717, 1.165) is 72.0 Å². The second kappa shape index (κ2) is 11.6. The summed E-state index contributed by atoms with van der Waals surface area (Å²) in [6.45, 7) is 12.3. The third kappa shape index (κ3) is 6.13. The minimum atomic E-state index is -0.884. The van der Waals surface area contributed by atoms with Crippen molar-refractivity contribution in [3.63, 3.8) is 0 Å². The third-order valence-electron chi connectivity index (χ3n) is 7.46. The molecular weight excluding hydrogens is 543 g/mol. The highest BCUT2D eigenvalue weighted by molar-refractivity contribution is 7.14. The summed E-state index contributed by atoms with van der Waals surface area (Å²) in [4.78, 5) is 29.5. The van der Waals surface area contributed by atoms with Gasteiger partial charge in [0.15, 0.2) is 16.6 Å². The van der Waals surface area contributed by atoms with Crippen LogP contribution in [0.15, 0.2) is 41.8 Å². The molecule has 4 aromatic rings. The number of nitrogens with zero attached hydrogens (tertiary/aromatic N) is 8. The average molecular weight is 581 g/mol. The zero-order valence-electron chi connectivity index (χ0n) is 24.2. The highest BCUT2D eigenvalue weighted by Crippen LogP contribution is 2.33. The molecule has 1 amide bonds. The van der Waals surface area contributed by atoms with Gasteiger partial charge in [0.05, 0.1) is 11.4 Å². The SMILES string of the molecule is CCc1nc2ccc(N3CCN(CCN(C(=O)O)C(C)(C)C)CC3)nn2c1N(C)c1nc(-c2ccc(F)cc2)cs1. The number of rotatable bonds is 8. The van der Waals surface area contributed by atoms with E-state index in [2.05, 4.69) is 16.7 Å². The van der Waals surface area contributed by atoms with Crippen LogP contribution in [0.1, 0.15) is 33.4 Å². The molecule has 5 rings (SSSR count). The molecule has 3 aromatic heterocycles. The van der Waals surface area contributed by atoms with Gasteiger partial charge in [-0.2, -0.15) is 4.52 Å². The first-order valence-electron chi connectivity index (χ1n) is 13.9. The fourth-order valence-corrected chi connectivity index (χ4v) is 5.92. The molecule has 1 N–H and O–H groups in total. The molecule has 4 heterocycles. The number of carboxylic acid groups (broad SMARTS) is 1. The van der Waals surface area contributed by atoms with Crippen LogP contribution >= 0.6 is 11.3 Å². The van der Waals surface area contributed by atoms with Gasteiger partial charge in [-0.15, -0.1) is 16.4 Å². The summed E-state index contributed by atoms with van der Waals surface area (Å²) in [6.07, 6.45) is -0.138. The standard InChI is InChI=1S/C29H37FN8O2S/c1-6-22-26(34(5)27-32-23(19-41-27)20-7-9-21(30)10-8-20)38-24(31-22)11-12-25(33-38)36-16-13-35(14-17-36)15-18-37(28(39)40)29(2,3)4/h7-12,19H,6,13-18H2,1-5H3,(H,39,40). The van der Waals surface area contributed by atoms with Crippen molar-refractivity contribution in [2.75, 3.05) is 56.1 Å². The third-order valence-corrected chi connectivity index (χ3v) is 8.37. The van der Waals surface area contributed by atoms with E-state index in [9.17, 15) is 14.3 Å². The van der Waals surface area contributed by atoms with Crippen LogP contribution < -0.4 is 9.80 Å². The molecule has 1 aliphatic heterocycles. The Balaban J connectivity index is 1.32. The molecule has 0 bridgehead atoms. The maximum atomic E-state index is 13.4. The Morgan fingerprint density at radius 3 is 2.41 bits per heavy atom. The molecule has 0 saturated carbocycles. The van der Waals surface area contributed by atoms with E-state index in [1.54, 1.807) is 12.1 Å². The summed E-state index contributed by atoms with van der Waals surface area (Å²) in [7, 11) is 1.97. The van der Waals surface area contributed by atoms with Gasteiger partial charge in [0.1, 0.15) is 11.6 Å². The number of halogens is 1. The number of fused-ring (bicyclic) bond motifs is 1. The van der Waals surface area contributed by atoms with Crippen molar-refractivity contribution in [2.45, 2.75) is 39.7 Å². The number of anilines is 3. The summed E-state index contributed by atoms with van der Waals surface area (Å²) < 4.78 is 15.3. The average Bonchev–Trinajstić information content (AvgIpc) is 3.57. The smallest absolute Gasteiger partial charge is 0.407 e. The van der Waals surface area contributed by atoms with Crippen molar-refractivity contribution < 1.29 is 14.3 Å². The number of hydrogen-bond acceptors (Lipinski definition) is 8. The van der Waals surface area contributed by atoms with Crippen LogP contribution in [0.5, 0.6) is 0 Å². The van der Waals surface area contributed by atoms with Gasteiger partial charge in [0, 0.05) is 62.8 Å². The Kier molecular flexibility index (Phi) is 8.14. The van der Waals surface area contributed by atoms with Gasteiger partial charge >= 0.3 is 6.09 Å². The maximum absolute atomic E-state index is 13.4. The van der Waals surface area contributed by atoms with Crippen LogP contribution in [0.2, 0.25) is 0 Å². The summed E-state index contributed by atoms with van der Waals surface area (Å²) in [5.74, 6) is 1.48. The van der Waals surface area contributed by atoms with Gasteiger partial charge in [0.25, 0.3) is 0 Å². The van der Waals surface area contributed by atoms with Crippen molar-refractivity contribution >= 4 is 39.8 Å². The fraction of sp³-hybridized carbons (Fsp3) is 0.448. The van der Waals surface area contributed by atoms with Crippen molar-refractivity contribution in [3.8, 4) is 11.3 Å². The number of aryl methyl sites for hydroxylation is 1. The Hall–Kier alpha value is -3.77. The Morgan fingerprint density at radius 1 is 1.07 bits per heavy atom. The van der Waals surface area contributed by atoms with E-state index in [1.165, 1.54) is 28.4 Å². The van der Waals surface area contributed by atoms with Crippen molar-refractivity contribution in [3.05, 3.63) is 53.3 Å². The molecule has 41 heavy (non-hydrogen) atoms. The van der Waals surface area contributed by atoms with Crippen LogP contribution in [0, 0.1) is 5.82 Å². The fourth-order valence-electron chi connectivity index (χ4n) is 5.12. The van der Waals surface area contributed by atoms with Gasteiger partial charge in [-0.3, -0.25) is 4.90 Å². The number of piperazine rings is 1. The summed E-state index contributed by atoms with van der Waals surface area (Å²) in [5.41, 5.74) is 2.94. The monoisotopic (exact) mass is 580 g/mol. The lowest BCUT2D eigenvalue weighted by Gasteiger charge is -2.38. The lowest BCUT2D eigenvalue weighted by Crippen LogP contribution is -2.52. The number of aromatic nitrogens is 4. The van der Waals surface area contributed by atoms with E-state index >= 15 is 0 Å². The number of amides is 1. The predicted molar refractivity (Wildman–Crippen MR) is 161 cm³/mol. The van der Waals surface area contributed by atoms with Crippen LogP contribution in [0.25, 0.3) is 16.9 Å². The molecular formula is C29H37FN8O2S. The number of imidazole rings is 1. The minimum Gasteiger partial charge on any atom is -0.465 e. The van der Waals surface area contributed by atoms with Gasteiger partial charge < -0.3 is 19.8 Å². The number of thiazole rings is 1. The summed E-state index contributed by atoms with van der Waals surface area (Å²) in [6, 6.07) is 10.4. The van der Waals surface area contributed by atoms with E-state index in [-0.39, 0.29) is 5.82 Å². The number of benzene rings is 1. The van der Waals surface area contributed by atoms with Crippen LogP contribution in [0.3, 0.4) is 0 Å². The van der Waals surface area contributed by atoms with Crippen molar-refractivity contribution in [2.24, 2.45) is 0 Å².